The van der Waals surface area contributed by atoms with Gasteiger partial charge in [-0.3, -0.25) is 14.4 Å². The lowest BCUT2D eigenvalue weighted by Gasteiger charge is -2.01. The van der Waals surface area contributed by atoms with Crippen molar-refractivity contribution in [1.82, 2.24) is 0 Å². The Balaban J connectivity index is 1.19. The topological polar surface area (TPSA) is 129 Å². The molecule has 272 valence electrons. The van der Waals surface area contributed by atoms with Crippen molar-refractivity contribution in [2.45, 2.75) is 38.5 Å². The predicted molar refractivity (Wildman–Crippen MR) is 221 cm³/mol. The van der Waals surface area contributed by atoms with Gasteiger partial charge in [-0.15, -0.1) is 56.7 Å². The molecule has 0 saturated carbocycles. The number of aliphatic carboxylic acids is 3. The molecule has 0 amide bonds. The van der Waals surface area contributed by atoms with E-state index < -0.39 is 17.9 Å². The number of carbonyl (C=O) groups is 4. The molecule has 54 heavy (non-hydrogen) atoms. The van der Waals surface area contributed by atoms with Crippen molar-refractivity contribution >= 4 is 80.9 Å². The first-order chi connectivity index (χ1) is 26.1. The summed E-state index contributed by atoms with van der Waals surface area (Å²) < 4.78 is 0. The quantitative estimate of drug-likeness (QED) is 0.0829. The van der Waals surface area contributed by atoms with Gasteiger partial charge in [0.25, 0.3) is 0 Å². The van der Waals surface area contributed by atoms with Crippen molar-refractivity contribution in [2.24, 2.45) is 0 Å². The summed E-state index contributed by atoms with van der Waals surface area (Å²) >= 11 is 8.28. The number of carboxylic acid groups (broad SMARTS) is 3. The smallest absolute Gasteiger partial charge is 0.307 e. The van der Waals surface area contributed by atoms with E-state index in [1.54, 1.807) is 56.7 Å². The summed E-state index contributed by atoms with van der Waals surface area (Å²) in [6.45, 7) is 0. The molecule has 5 aromatic heterocycles. The Morgan fingerprint density at radius 2 is 0.926 bits per heavy atom. The Hall–Kier alpha value is -4.98. The van der Waals surface area contributed by atoms with Crippen LogP contribution in [0, 0.1) is 0 Å². The van der Waals surface area contributed by atoms with E-state index in [1.165, 1.54) is 0 Å². The van der Waals surface area contributed by atoms with E-state index in [0.717, 1.165) is 88.4 Å². The van der Waals surface area contributed by atoms with Gasteiger partial charge in [0, 0.05) is 61.6 Å². The van der Waals surface area contributed by atoms with Crippen LogP contribution in [0.1, 0.15) is 35.1 Å². The standard InChI is InChI=1S/C42H32O7S5/c43-17-3-8-28-22-36(32-12-10-30(50-32)26-6-1-4-24(18-26)20-39(46)47)53-41(28)34-14-15-35(52-34)42-29(9-16-38(44)45)23-37(54-42)33-13-11-31(51-33)27-7-2-5-25(19-27)21-40(48)49/h1-2,4-7,10-15,17-19,22-23H,3,8-9,16,20-21H2,(H,44,45)(H,46,47)(H,48,49). The van der Waals surface area contributed by atoms with Crippen molar-refractivity contribution in [2.75, 3.05) is 0 Å². The van der Waals surface area contributed by atoms with Crippen molar-refractivity contribution in [3.8, 4) is 59.9 Å². The summed E-state index contributed by atoms with van der Waals surface area (Å²) in [5.41, 5.74) is 5.51. The number of aryl methyl sites for hydroxylation is 2. The molecule has 0 bridgehead atoms. The zero-order valence-corrected chi connectivity index (χ0v) is 32.7. The van der Waals surface area contributed by atoms with Crippen LogP contribution in [0.2, 0.25) is 0 Å². The molecule has 7 aromatic rings. The summed E-state index contributed by atoms with van der Waals surface area (Å²) in [5, 5.41) is 28.1. The zero-order chi connectivity index (χ0) is 37.8. The minimum absolute atomic E-state index is 0.0181. The van der Waals surface area contributed by atoms with Crippen molar-refractivity contribution in [1.29, 1.82) is 0 Å². The van der Waals surface area contributed by atoms with E-state index in [-0.39, 0.29) is 19.3 Å². The maximum Gasteiger partial charge on any atom is 0.307 e. The third kappa shape index (κ3) is 8.69. The molecule has 3 N–H and O–H groups in total. The van der Waals surface area contributed by atoms with E-state index in [1.807, 2.05) is 54.6 Å². The Bertz CT molecular complexity index is 2490. The van der Waals surface area contributed by atoms with E-state index >= 15 is 0 Å². The molecule has 7 nitrogen and oxygen atoms in total. The van der Waals surface area contributed by atoms with Gasteiger partial charge in [0.05, 0.1) is 12.8 Å². The van der Waals surface area contributed by atoms with Gasteiger partial charge in [0.1, 0.15) is 6.29 Å². The lowest BCUT2D eigenvalue weighted by atomic mass is 10.1. The molecule has 12 heteroatoms. The largest absolute Gasteiger partial charge is 0.481 e. The van der Waals surface area contributed by atoms with Gasteiger partial charge < -0.3 is 20.1 Å². The van der Waals surface area contributed by atoms with Crippen LogP contribution >= 0.6 is 56.7 Å². The number of aldehydes is 1. The first-order valence-corrected chi connectivity index (χ1v) is 21.1. The fourth-order valence-electron chi connectivity index (χ4n) is 6.20. The molecule has 0 unspecified atom stereocenters. The van der Waals surface area contributed by atoms with Crippen molar-refractivity contribution in [3.05, 3.63) is 119 Å². The Labute approximate surface area is 331 Å². The van der Waals surface area contributed by atoms with Crippen LogP contribution in [0.4, 0.5) is 0 Å². The number of rotatable bonds is 16. The SMILES string of the molecule is O=CCCc1cc(-c2ccc(-c3cccc(CC(=O)O)c3)s2)sc1-c1ccc(-c2sc(-c3ccc(-c4cccc(CC(=O)O)c4)s3)cc2CCC(=O)O)s1. The number of hydrogen-bond acceptors (Lipinski definition) is 9. The molecule has 0 aliphatic heterocycles. The molecule has 0 saturated heterocycles. The van der Waals surface area contributed by atoms with Gasteiger partial charge >= 0.3 is 17.9 Å². The molecule has 0 atom stereocenters. The second-order valence-electron chi connectivity index (χ2n) is 12.6. The summed E-state index contributed by atoms with van der Waals surface area (Å²) in [5.74, 6) is -2.59. The second-order valence-corrected chi connectivity index (χ2v) is 17.9. The van der Waals surface area contributed by atoms with Gasteiger partial charge in [0.15, 0.2) is 0 Å². The molecular formula is C42H32O7S5. The van der Waals surface area contributed by atoms with E-state index in [2.05, 4.69) is 42.5 Å². The minimum atomic E-state index is -0.872. The minimum Gasteiger partial charge on any atom is -0.481 e. The van der Waals surface area contributed by atoms with E-state index in [4.69, 9.17) is 0 Å². The van der Waals surface area contributed by atoms with Gasteiger partial charge in [-0.1, -0.05) is 36.4 Å². The molecule has 7 rings (SSSR count). The number of carboxylic acids is 3. The molecule has 5 heterocycles. The maximum absolute atomic E-state index is 11.6. The van der Waals surface area contributed by atoms with E-state index in [9.17, 15) is 34.5 Å². The average Bonchev–Trinajstić information content (AvgIpc) is 3.99. The highest BCUT2D eigenvalue weighted by Crippen LogP contribution is 2.49. The Kier molecular flexibility index (Phi) is 11.5. The average molecular weight is 809 g/mol. The fourth-order valence-corrected chi connectivity index (χ4v) is 12.1. The summed E-state index contributed by atoms with van der Waals surface area (Å²) in [7, 11) is 0. The van der Waals surface area contributed by atoms with Crippen LogP contribution in [0.15, 0.2) is 97.1 Å². The fraction of sp³-hybridized carbons (Fsp3) is 0.143. The van der Waals surface area contributed by atoms with Gasteiger partial charge in [-0.2, -0.15) is 0 Å². The molecule has 0 aliphatic rings. The maximum atomic E-state index is 11.6. The molecule has 0 aliphatic carbocycles. The predicted octanol–water partition coefficient (Wildman–Crippen LogP) is 11.4. The molecule has 2 aromatic carbocycles. The number of hydrogen-bond donors (Lipinski definition) is 3. The highest BCUT2D eigenvalue weighted by Gasteiger charge is 2.20. The third-order valence-corrected chi connectivity index (χ3v) is 15.1. The van der Waals surface area contributed by atoms with Crippen molar-refractivity contribution in [3.63, 3.8) is 0 Å². The van der Waals surface area contributed by atoms with E-state index in [0.29, 0.717) is 19.3 Å². The van der Waals surface area contributed by atoms with Crippen LogP contribution in [0.3, 0.4) is 0 Å². The van der Waals surface area contributed by atoms with Gasteiger partial charge in [-0.05, 0) is 107 Å². The van der Waals surface area contributed by atoms with Crippen molar-refractivity contribution < 1.29 is 34.5 Å². The molecule has 0 spiro atoms. The lowest BCUT2D eigenvalue weighted by molar-refractivity contribution is -0.137. The summed E-state index contributed by atoms with van der Waals surface area (Å²) in [6, 6.07) is 31.9. The lowest BCUT2D eigenvalue weighted by Crippen LogP contribution is -1.99. The highest BCUT2D eigenvalue weighted by molar-refractivity contribution is 7.30. The third-order valence-electron chi connectivity index (χ3n) is 8.64. The monoisotopic (exact) mass is 808 g/mol. The summed E-state index contributed by atoms with van der Waals surface area (Å²) in [6.07, 6.45) is 2.32. The number of thiophene rings is 5. The van der Waals surface area contributed by atoms with Crippen LogP contribution < -0.4 is 0 Å². The normalized spacial score (nSPS) is 11.2. The van der Waals surface area contributed by atoms with Crippen LogP contribution in [0.5, 0.6) is 0 Å². The Morgan fingerprint density at radius 3 is 1.39 bits per heavy atom. The number of carbonyl (C=O) groups excluding carboxylic acids is 1. The zero-order valence-electron chi connectivity index (χ0n) is 28.6. The van der Waals surface area contributed by atoms with Crippen LogP contribution in [-0.2, 0) is 44.9 Å². The van der Waals surface area contributed by atoms with Crippen LogP contribution in [0.25, 0.3) is 59.9 Å². The molecule has 0 radical (unpaired) electrons. The van der Waals surface area contributed by atoms with Gasteiger partial charge in [-0.25, -0.2) is 0 Å². The first-order valence-electron chi connectivity index (χ1n) is 17.0. The number of benzene rings is 2. The highest BCUT2D eigenvalue weighted by atomic mass is 32.1. The second kappa shape index (κ2) is 16.6. The van der Waals surface area contributed by atoms with Crippen LogP contribution in [-0.4, -0.2) is 39.5 Å². The van der Waals surface area contributed by atoms with Gasteiger partial charge in [0.2, 0.25) is 0 Å². The Morgan fingerprint density at radius 1 is 0.481 bits per heavy atom. The first kappa shape index (κ1) is 37.3. The molecular weight excluding hydrogens is 777 g/mol. The summed E-state index contributed by atoms with van der Waals surface area (Å²) in [4.78, 5) is 56.3. The molecule has 0 fully saturated rings.